The molecule has 3 heteroatoms. The van der Waals surface area contributed by atoms with Crippen LogP contribution in [-0.2, 0) is 9.53 Å². The van der Waals surface area contributed by atoms with Crippen LogP contribution in [0.2, 0.25) is 0 Å². The highest BCUT2D eigenvalue weighted by molar-refractivity contribution is 5.87. The summed E-state index contributed by atoms with van der Waals surface area (Å²) in [6.07, 6.45) is 0.553. The third-order valence-electron chi connectivity index (χ3n) is 1.25. The van der Waals surface area contributed by atoms with Crippen LogP contribution in [-0.4, -0.2) is 12.6 Å². The normalized spacial score (nSPS) is 8.33. The van der Waals surface area contributed by atoms with Crippen molar-refractivity contribution in [3.63, 3.8) is 0 Å². The molecule has 0 aliphatic carbocycles. The largest absolute Gasteiger partial charge is 0.457 e. The van der Waals surface area contributed by atoms with Crippen molar-refractivity contribution in [3.8, 4) is 6.07 Å². The van der Waals surface area contributed by atoms with Crippen molar-refractivity contribution >= 4 is 5.97 Å². The number of nitriles is 1. The van der Waals surface area contributed by atoms with E-state index in [1.807, 2.05) is 6.92 Å². The molecule has 0 N–H and O–H groups in total. The van der Waals surface area contributed by atoms with E-state index in [2.05, 4.69) is 17.9 Å². The van der Waals surface area contributed by atoms with E-state index in [9.17, 15) is 4.79 Å². The Hall–Kier alpha value is -1.56. The van der Waals surface area contributed by atoms with Gasteiger partial charge >= 0.3 is 5.97 Å². The molecule has 0 heterocycles. The maximum absolute atomic E-state index is 10.9. The summed E-state index contributed by atoms with van der Waals surface area (Å²) >= 11 is 0. The second-order valence-corrected chi connectivity index (χ2v) is 2.25. The molecule has 0 amide bonds. The fraction of sp³-hybridized carbons (Fsp3) is 0.333. The van der Waals surface area contributed by atoms with Crippen LogP contribution in [0.3, 0.4) is 0 Å². The predicted molar refractivity (Wildman–Crippen MR) is 45.1 cm³/mol. The molecule has 0 aromatic rings. The summed E-state index contributed by atoms with van der Waals surface area (Å²) in [5.41, 5.74) is 0.632. The zero-order valence-corrected chi connectivity index (χ0v) is 7.09. The molecule has 12 heavy (non-hydrogen) atoms. The van der Waals surface area contributed by atoms with Gasteiger partial charge in [0, 0.05) is 5.57 Å². The highest BCUT2D eigenvalue weighted by atomic mass is 16.5. The van der Waals surface area contributed by atoms with E-state index in [4.69, 9.17) is 5.26 Å². The zero-order chi connectivity index (χ0) is 9.56. The van der Waals surface area contributed by atoms with Gasteiger partial charge in [0.2, 0.25) is 0 Å². The monoisotopic (exact) mass is 165 g/mol. The summed E-state index contributed by atoms with van der Waals surface area (Å²) in [7, 11) is 0. The minimum Gasteiger partial charge on any atom is -0.457 e. The minimum atomic E-state index is -0.464. The van der Waals surface area contributed by atoms with Crippen molar-refractivity contribution in [2.24, 2.45) is 0 Å². The summed E-state index contributed by atoms with van der Waals surface area (Å²) in [5, 5.41) is 8.28. The Labute approximate surface area is 71.9 Å². The van der Waals surface area contributed by atoms with E-state index in [1.54, 1.807) is 6.07 Å². The molecule has 0 aliphatic heterocycles. The molecule has 0 aliphatic rings. The third kappa shape index (κ3) is 3.57. The van der Waals surface area contributed by atoms with Crippen LogP contribution in [0, 0.1) is 11.3 Å². The van der Waals surface area contributed by atoms with Crippen LogP contribution in [0.1, 0.15) is 13.3 Å². The molecule has 0 radical (unpaired) electrons. The number of hydrogen-bond donors (Lipinski definition) is 0. The Bertz CT molecular complexity index is 248. The quantitative estimate of drug-likeness (QED) is 0.361. The van der Waals surface area contributed by atoms with Crippen molar-refractivity contribution in [2.45, 2.75) is 13.3 Å². The number of esters is 1. The Morgan fingerprint density at radius 1 is 1.58 bits per heavy atom. The molecule has 0 saturated heterocycles. The Kier molecular flexibility index (Phi) is 4.47. The fourth-order valence-corrected chi connectivity index (χ4v) is 0.431. The predicted octanol–water partition coefficient (Wildman–Crippen LogP) is 1.58. The first-order chi connectivity index (χ1) is 5.61. The second kappa shape index (κ2) is 5.14. The number of carbonyl (C=O) groups excluding carboxylic acids is 1. The summed E-state index contributed by atoms with van der Waals surface area (Å²) in [5.74, 6) is -0.464. The molecule has 0 rings (SSSR count). The number of nitrogens with zero attached hydrogens (tertiary/aromatic N) is 1. The lowest BCUT2D eigenvalue weighted by Gasteiger charge is -2.02. The molecule has 0 saturated carbocycles. The van der Waals surface area contributed by atoms with Gasteiger partial charge in [0.15, 0.2) is 0 Å². The number of rotatable bonds is 4. The summed E-state index contributed by atoms with van der Waals surface area (Å²) in [4.78, 5) is 10.9. The lowest BCUT2D eigenvalue weighted by Crippen LogP contribution is -2.08. The lowest BCUT2D eigenvalue weighted by molar-refractivity contribution is -0.138. The van der Waals surface area contributed by atoms with Crippen LogP contribution < -0.4 is 0 Å². The molecule has 0 aromatic carbocycles. The SMILES string of the molecule is C=C(C#N)COC(=O)C(=C)CC. The van der Waals surface area contributed by atoms with Gasteiger partial charge in [-0.2, -0.15) is 5.26 Å². The smallest absolute Gasteiger partial charge is 0.333 e. The van der Waals surface area contributed by atoms with Gasteiger partial charge in [-0.15, -0.1) is 0 Å². The van der Waals surface area contributed by atoms with Crippen LogP contribution >= 0.6 is 0 Å². The van der Waals surface area contributed by atoms with Crippen molar-refractivity contribution in [1.82, 2.24) is 0 Å². The van der Waals surface area contributed by atoms with E-state index < -0.39 is 5.97 Å². The first kappa shape index (κ1) is 10.4. The lowest BCUT2D eigenvalue weighted by atomic mass is 10.2. The minimum absolute atomic E-state index is 0.0473. The van der Waals surface area contributed by atoms with Crippen molar-refractivity contribution in [3.05, 3.63) is 24.3 Å². The van der Waals surface area contributed by atoms with E-state index in [0.717, 1.165) is 0 Å². The molecular weight excluding hydrogens is 154 g/mol. The molecular formula is C9H11NO2. The van der Waals surface area contributed by atoms with E-state index in [0.29, 0.717) is 12.0 Å². The molecule has 0 aromatic heterocycles. The van der Waals surface area contributed by atoms with Gasteiger partial charge in [-0.05, 0) is 6.42 Å². The second-order valence-electron chi connectivity index (χ2n) is 2.25. The highest BCUT2D eigenvalue weighted by Crippen LogP contribution is 2.00. The van der Waals surface area contributed by atoms with E-state index in [-0.39, 0.29) is 12.2 Å². The van der Waals surface area contributed by atoms with Crippen LogP contribution in [0.5, 0.6) is 0 Å². The van der Waals surface area contributed by atoms with Gasteiger partial charge in [-0.1, -0.05) is 20.1 Å². The molecule has 0 atom stereocenters. The standard InChI is InChI=1S/C9H11NO2/c1-4-8(3)9(11)12-6-7(2)5-10/h2-4,6H2,1H3. The Morgan fingerprint density at radius 2 is 2.17 bits per heavy atom. The average Bonchev–Trinajstić information content (AvgIpc) is 2.11. The van der Waals surface area contributed by atoms with Gasteiger partial charge in [0.05, 0.1) is 11.6 Å². The van der Waals surface area contributed by atoms with E-state index >= 15 is 0 Å². The van der Waals surface area contributed by atoms with Crippen molar-refractivity contribution in [1.29, 1.82) is 5.26 Å². The molecule has 0 spiro atoms. The Morgan fingerprint density at radius 3 is 2.58 bits per heavy atom. The average molecular weight is 165 g/mol. The van der Waals surface area contributed by atoms with Gasteiger partial charge in [0.25, 0.3) is 0 Å². The fourth-order valence-electron chi connectivity index (χ4n) is 0.431. The number of carbonyl (C=O) groups is 1. The topological polar surface area (TPSA) is 50.1 Å². The summed E-state index contributed by atoms with van der Waals surface area (Å²) in [6.45, 7) is 8.61. The maximum Gasteiger partial charge on any atom is 0.333 e. The van der Waals surface area contributed by atoms with Crippen LogP contribution in [0.4, 0.5) is 0 Å². The summed E-state index contributed by atoms with van der Waals surface area (Å²) in [6, 6.07) is 1.78. The Balaban J connectivity index is 3.81. The number of hydrogen-bond acceptors (Lipinski definition) is 3. The molecule has 0 fully saturated rings. The van der Waals surface area contributed by atoms with Gasteiger partial charge in [-0.25, -0.2) is 4.79 Å². The summed E-state index contributed by atoms with van der Waals surface area (Å²) < 4.78 is 4.69. The first-order valence-corrected chi connectivity index (χ1v) is 3.54. The van der Waals surface area contributed by atoms with Gasteiger partial charge in [0.1, 0.15) is 6.61 Å². The highest BCUT2D eigenvalue weighted by Gasteiger charge is 2.05. The van der Waals surface area contributed by atoms with Crippen LogP contribution in [0.15, 0.2) is 24.3 Å². The third-order valence-corrected chi connectivity index (χ3v) is 1.25. The van der Waals surface area contributed by atoms with Crippen molar-refractivity contribution in [2.75, 3.05) is 6.61 Å². The van der Waals surface area contributed by atoms with Crippen LogP contribution in [0.25, 0.3) is 0 Å². The molecule has 0 bridgehead atoms. The first-order valence-electron chi connectivity index (χ1n) is 3.54. The van der Waals surface area contributed by atoms with Crippen molar-refractivity contribution < 1.29 is 9.53 Å². The number of ether oxygens (including phenoxy) is 1. The van der Waals surface area contributed by atoms with E-state index in [1.165, 1.54) is 0 Å². The molecule has 3 nitrogen and oxygen atoms in total. The van der Waals surface area contributed by atoms with Gasteiger partial charge < -0.3 is 4.74 Å². The molecule has 64 valence electrons. The maximum atomic E-state index is 10.9. The van der Waals surface area contributed by atoms with Gasteiger partial charge in [-0.3, -0.25) is 0 Å². The zero-order valence-electron chi connectivity index (χ0n) is 7.09. The molecule has 0 unspecified atom stereocenters.